The molecule has 1 aliphatic rings. The maximum absolute atomic E-state index is 12.5. The molecule has 0 unspecified atom stereocenters. The number of aromatic nitrogens is 2. The van der Waals surface area contributed by atoms with Crippen molar-refractivity contribution >= 4 is 34.7 Å². The topological polar surface area (TPSA) is 58.6 Å². The molecule has 3 heterocycles. The Kier molecular flexibility index (Phi) is 5.97. The molecule has 1 aliphatic heterocycles. The summed E-state index contributed by atoms with van der Waals surface area (Å²) >= 11 is 7.77. The second kappa shape index (κ2) is 8.80. The van der Waals surface area contributed by atoms with Crippen molar-refractivity contribution in [3.63, 3.8) is 0 Å². The molecule has 1 amide bonds. The minimum Gasteiger partial charge on any atom is -0.482 e. The number of ether oxygens (including phenoxy) is 1. The van der Waals surface area contributed by atoms with Crippen molar-refractivity contribution in [3.8, 4) is 16.3 Å². The smallest absolute Gasteiger partial charge is 0.260 e. The molecule has 6 nitrogen and oxygen atoms in total. The first-order chi connectivity index (χ1) is 14.1. The second-order valence-electron chi connectivity index (χ2n) is 6.84. The van der Waals surface area contributed by atoms with E-state index in [4.69, 9.17) is 16.3 Å². The zero-order valence-corrected chi connectivity index (χ0v) is 17.6. The predicted octanol–water partition coefficient (Wildman–Crippen LogP) is 3.89. The summed E-state index contributed by atoms with van der Waals surface area (Å²) in [5.41, 5.74) is 1.92. The van der Waals surface area contributed by atoms with Crippen molar-refractivity contribution in [1.29, 1.82) is 0 Å². The van der Waals surface area contributed by atoms with E-state index < -0.39 is 0 Å². The normalized spacial score (nSPS) is 14.1. The number of carbonyl (C=O) groups is 1. The highest BCUT2D eigenvalue weighted by atomic mass is 35.5. The average Bonchev–Trinajstić information content (AvgIpc) is 3.29. The van der Waals surface area contributed by atoms with Gasteiger partial charge in [0.25, 0.3) is 5.91 Å². The van der Waals surface area contributed by atoms with Gasteiger partial charge in [-0.3, -0.25) is 4.79 Å². The van der Waals surface area contributed by atoms with Gasteiger partial charge in [-0.05, 0) is 48.2 Å². The van der Waals surface area contributed by atoms with Crippen molar-refractivity contribution in [2.45, 2.75) is 6.92 Å². The summed E-state index contributed by atoms with van der Waals surface area (Å²) in [5, 5.41) is 11.2. The molecule has 4 rings (SSSR count). The average molecular weight is 429 g/mol. The van der Waals surface area contributed by atoms with E-state index in [0.717, 1.165) is 22.0 Å². The number of benzene rings is 1. The summed E-state index contributed by atoms with van der Waals surface area (Å²) in [6.07, 6.45) is 0. The molecule has 1 fully saturated rings. The van der Waals surface area contributed by atoms with Gasteiger partial charge in [0.2, 0.25) is 0 Å². The molecule has 1 saturated heterocycles. The molecular weight excluding hydrogens is 408 g/mol. The first-order valence-electron chi connectivity index (χ1n) is 9.39. The van der Waals surface area contributed by atoms with Gasteiger partial charge in [0.05, 0.1) is 9.90 Å². The van der Waals surface area contributed by atoms with Gasteiger partial charge < -0.3 is 14.5 Å². The molecule has 8 heteroatoms. The van der Waals surface area contributed by atoms with E-state index in [1.54, 1.807) is 17.4 Å². The van der Waals surface area contributed by atoms with Crippen LogP contribution >= 0.6 is 22.9 Å². The Labute approximate surface area is 178 Å². The van der Waals surface area contributed by atoms with Crippen LogP contribution in [0.4, 0.5) is 5.82 Å². The van der Waals surface area contributed by atoms with Crippen molar-refractivity contribution in [2.75, 3.05) is 37.7 Å². The molecule has 0 spiro atoms. The Hall–Kier alpha value is -2.64. The summed E-state index contributed by atoms with van der Waals surface area (Å²) in [5.74, 6) is 1.33. The van der Waals surface area contributed by atoms with Crippen LogP contribution in [0.15, 0.2) is 47.8 Å². The molecule has 3 aromatic rings. The van der Waals surface area contributed by atoms with Gasteiger partial charge in [-0.1, -0.05) is 23.7 Å². The van der Waals surface area contributed by atoms with Crippen LogP contribution in [-0.4, -0.2) is 53.8 Å². The lowest BCUT2D eigenvalue weighted by atomic mass is 10.2. The second-order valence-corrected chi connectivity index (χ2v) is 8.20. The standard InChI is InChI=1S/C21H21ClN4O2S/c1-15-4-5-16(22)18(13-15)28-14-21(27)26-10-8-25(9-11-26)20-7-6-17(23-24-20)19-3-2-12-29-19/h2-7,12-13H,8-11,14H2,1H3. The fourth-order valence-electron chi connectivity index (χ4n) is 3.19. The van der Waals surface area contributed by atoms with Crippen LogP contribution in [0.25, 0.3) is 10.6 Å². The largest absolute Gasteiger partial charge is 0.482 e. The number of rotatable bonds is 5. The summed E-state index contributed by atoms with van der Waals surface area (Å²) in [7, 11) is 0. The first-order valence-corrected chi connectivity index (χ1v) is 10.7. The van der Waals surface area contributed by atoms with Crippen LogP contribution < -0.4 is 9.64 Å². The lowest BCUT2D eigenvalue weighted by Crippen LogP contribution is -2.50. The van der Waals surface area contributed by atoms with E-state index in [2.05, 4.69) is 15.1 Å². The number of hydrogen-bond acceptors (Lipinski definition) is 6. The van der Waals surface area contributed by atoms with Crippen LogP contribution in [0.2, 0.25) is 5.02 Å². The van der Waals surface area contributed by atoms with Crippen molar-refractivity contribution in [2.24, 2.45) is 0 Å². The maximum atomic E-state index is 12.5. The Bertz CT molecular complexity index is 971. The highest BCUT2D eigenvalue weighted by Crippen LogP contribution is 2.26. The number of thiophene rings is 1. The maximum Gasteiger partial charge on any atom is 0.260 e. The zero-order chi connectivity index (χ0) is 20.2. The number of carbonyl (C=O) groups excluding carboxylic acids is 1. The van der Waals surface area contributed by atoms with Gasteiger partial charge in [-0.25, -0.2) is 0 Å². The van der Waals surface area contributed by atoms with E-state index in [1.807, 2.05) is 53.6 Å². The summed E-state index contributed by atoms with van der Waals surface area (Å²) < 4.78 is 5.63. The minimum absolute atomic E-state index is 0.0154. The third-order valence-electron chi connectivity index (χ3n) is 4.82. The molecule has 1 aromatic carbocycles. The van der Waals surface area contributed by atoms with E-state index in [0.29, 0.717) is 37.0 Å². The summed E-state index contributed by atoms with van der Waals surface area (Å²) in [6.45, 7) is 4.61. The fourth-order valence-corrected chi connectivity index (χ4v) is 4.05. The number of anilines is 1. The zero-order valence-electron chi connectivity index (χ0n) is 16.0. The van der Waals surface area contributed by atoms with Gasteiger partial charge in [-0.2, -0.15) is 0 Å². The molecule has 29 heavy (non-hydrogen) atoms. The molecule has 2 aromatic heterocycles. The quantitative estimate of drug-likeness (QED) is 0.617. The van der Waals surface area contributed by atoms with Crippen molar-refractivity contribution in [3.05, 3.63) is 58.4 Å². The Morgan fingerprint density at radius 2 is 1.97 bits per heavy atom. The minimum atomic E-state index is -0.0404. The summed E-state index contributed by atoms with van der Waals surface area (Å²) in [4.78, 5) is 17.6. The Balaban J connectivity index is 1.29. The van der Waals surface area contributed by atoms with E-state index in [1.165, 1.54) is 0 Å². The van der Waals surface area contributed by atoms with Crippen LogP contribution in [0.5, 0.6) is 5.75 Å². The van der Waals surface area contributed by atoms with Crippen molar-refractivity contribution < 1.29 is 9.53 Å². The number of hydrogen-bond donors (Lipinski definition) is 0. The lowest BCUT2D eigenvalue weighted by Gasteiger charge is -2.35. The highest BCUT2D eigenvalue weighted by molar-refractivity contribution is 7.13. The lowest BCUT2D eigenvalue weighted by molar-refractivity contribution is -0.133. The van der Waals surface area contributed by atoms with Crippen LogP contribution in [0.3, 0.4) is 0 Å². The predicted molar refractivity (Wildman–Crippen MR) is 116 cm³/mol. The molecule has 0 atom stereocenters. The molecule has 0 N–H and O–H groups in total. The molecule has 150 valence electrons. The van der Waals surface area contributed by atoms with Gasteiger partial charge in [-0.15, -0.1) is 21.5 Å². The SMILES string of the molecule is Cc1ccc(Cl)c(OCC(=O)N2CCN(c3ccc(-c4cccs4)nn3)CC2)c1. The third kappa shape index (κ3) is 4.68. The molecule has 0 aliphatic carbocycles. The van der Waals surface area contributed by atoms with Gasteiger partial charge in [0.1, 0.15) is 11.4 Å². The molecule has 0 radical (unpaired) electrons. The number of piperazine rings is 1. The highest BCUT2D eigenvalue weighted by Gasteiger charge is 2.22. The van der Waals surface area contributed by atoms with Gasteiger partial charge in [0.15, 0.2) is 12.4 Å². The van der Waals surface area contributed by atoms with Gasteiger partial charge in [0, 0.05) is 26.2 Å². The van der Waals surface area contributed by atoms with Crippen LogP contribution in [0, 0.1) is 6.92 Å². The number of amides is 1. The summed E-state index contributed by atoms with van der Waals surface area (Å²) in [6, 6.07) is 13.5. The number of aryl methyl sites for hydroxylation is 1. The third-order valence-corrected chi connectivity index (χ3v) is 6.02. The number of nitrogens with zero attached hydrogens (tertiary/aromatic N) is 4. The van der Waals surface area contributed by atoms with Crippen LogP contribution in [0.1, 0.15) is 5.56 Å². The Morgan fingerprint density at radius 1 is 1.14 bits per heavy atom. The van der Waals surface area contributed by atoms with E-state index in [9.17, 15) is 4.79 Å². The molecule has 0 bridgehead atoms. The van der Waals surface area contributed by atoms with Crippen LogP contribution in [-0.2, 0) is 4.79 Å². The molecule has 0 saturated carbocycles. The van der Waals surface area contributed by atoms with Crippen molar-refractivity contribution in [1.82, 2.24) is 15.1 Å². The monoisotopic (exact) mass is 428 g/mol. The van der Waals surface area contributed by atoms with Gasteiger partial charge >= 0.3 is 0 Å². The fraction of sp³-hybridized carbons (Fsp3) is 0.286. The molecular formula is C21H21ClN4O2S. The van der Waals surface area contributed by atoms with E-state index in [-0.39, 0.29) is 12.5 Å². The number of halogens is 1. The Morgan fingerprint density at radius 3 is 2.66 bits per heavy atom. The van der Waals surface area contributed by atoms with E-state index >= 15 is 0 Å². The first kappa shape index (κ1) is 19.7.